The normalized spacial score (nSPS) is 18.7. The van der Waals surface area contributed by atoms with E-state index in [-0.39, 0.29) is 18.1 Å². The highest BCUT2D eigenvalue weighted by atomic mass is 16.5. The Morgan fingerprint density at radius 1 is 1.58 bits per heavy atom. The van der Waals surface area contributed by atoms with E-state index in [1.807, 2.05) is 13.0 Å². The second kappa shape index (κ2) is 5.93. The van der Waals surface area contributed by atoms with Gasteiger partial charge in [0.1, 0.15) is 5.75 Å². The second-order valence-electron chi connectivity index (χ2n) is 4.91. The molecule has 0 radical (unpaired) electrons. The minimum Gasteiger partial charge on any atom is -0.508 e. The average Bonchev–Trinajstić information content (AvgIpc) is 2.74. The maximum Gasteiger partial charge on any atom is 0.315 e. The van der Waals surface area contributed by atoms with Crippen LogP contribution in [0.25, 0.3) is 0 Å². The molecule has 19 heavy (non-hydrogen) atoms. The van der Waals surface area contributed by atoms with Crippen LogP contribution in [0.15, 0.2) is 18.2 Å². The lowest BCUT2D eigenvalue weighted by Gasteiger charge is -2.18. The summed E-state index contributed by atoms with van der Waals surface area (Å²) >= 11 is 0. The number of phenolic OH excluding ortho intramolecular Hbond substituents is 1. The van der Waals surface area contributed by atoms with Gasteiger partial charge in [-0.15, -0.1) is 0 Å². The molecule has 5 heteroatoms. The molecule has 0 saturated carbocycles. The van der Waals surface area contributed by atoms with Crippen molar-refractivity contribution in [2.24, 2.45) is 0 Å². The Morgan fingerprint density at radius 2 is 2.37 bits per heavy atom. The lowest BCUT2D eigenvalue weighted by Crippen LogP contribution is -2.43. The van der Waals surface area contributed by atoms with Crippen LogP contribution in [0.4, 0.5) is 4.79 Å². The Morgan fingerprint density at radius 3 is 3.11 bits per heavy atom. The van der Waals surface area contributed by atoms with E-state index < -0.39 is 0 Å². The van der Waals surface area contributed by atoms with Crippen LogP contribution < -0.4 is 10.6 Å². The summed E-state index contributed by atoms with van der Waals surface area (Å²) < 4.78 is 4.97. The Hall–Kier alpha value is -1.75. The summed E-state index contributed by atoms with van der Waals surface area (Å²) in [6.07, 6.45) is 1.61. The predicted molar refractivity (Wildman–Crippen MR) is 72.2 cm³/mol. The van der Waals surface area contributed by atoms with E-state index in [4.69, 9.17) is 4.74 Å². The Balaban J connectivity index is 1.96. The summed E-state index contributed by atoms with van der Waals surface area (Å²) in [6, 6.07) is 5.17. The molecule has 0 saturated heterocycles. The number of aromatic hydroxyl groups is 1. The molecule has 1 aromatic rings. The zero-order valence-corrected chi connectivity index (χ0v) is 11.3. The Bertz CT molecular complexity index is 462. The van der Waals surface area contributed by atoms with Crippen molar-refractivity contribution < 1.29 is 14.6 Å². The summed E-state index contributed by atoms with van der Waals surface area (Å²) in [5, 5.41) is 15.5. The van der Waals surface area contributed by atoms with Gasteiger partial charge < -0.3 is 20.5 Å². The maximum absolute atomic E-state index is 11.8. The minimum absolute atomic E-state index is 0.0307. The molecule has 2 amide bonds. The molecule has 0 fully saturated rings. The number of ether oxygens (including phenoxy) is 1. The number of urea groups is 1. The molecule has 0 aromatic heterocycles. The number of hydrogen-bond donors (Lipinski definition) is 3. The summed E-state index contributed by atoms with van der Waals surface area (Å²) in [5.74, 6) is 0.315. The minimum atomic E-state index is -0.203. The second-order valence-corrected chi connectivity index (χ2v) is 4.91. The van der Waals surface area contributed by atoms with Gasteiger partial charge in [-0.2, -0.15) is 0 Å². The van der Waals surface area contributed by atoms with Gasteiger partial charge in [-0.1, -0.05) is 12.1 Å². The number of phenols is 1. The van der Waals surface area contributed by atoms with Gasteiger partial charge in [0, 0.05) is 7.11 Å². The van der Waals surface area contributed by atoms with Crippen LogP contribution in [0.1, 0.15) is 30.5 Å². The van der Waals surface area contributed by atoms with Gasteiger partial charge in [0.05, 0.1) is 18.7 Å². The van der Waals surface area contributed by atoms with Gasteiger partial charge in [-0.05, 0) is 37.0 Å². The first-order valence-corrected chi connectivity index (χ1v) is 6.48. The molecule has 2 atom stereocenters. The summed E-state index contributed by atoms with van der Waals surface area (Å²) in [4.78, 5) is 11.8. The predicted octanol–water partition coefficient (Wildman–Crippen LogP) is 1.71. The molecule has 1 aromatic carbocycles. The van der Waals surface area contributed by atoms with Crippen molar-refractivity contribution in [2.75, 3.05) is 13.7 Å². The fraction of sp³-hybridized carbons (Fsp3) is 0.500. The molecule has 3 N–H and O–H groups in total. The van der Waals surface area contributed by atoms with Crippen molar-refractivity contribution in [3.63, 3.8) is 0 Å². The highest BCUT2D eigenvalue weighted by Gasteiger charge is 2.26. The Kier molecular flexibility index (Phi) is 4.27. The third-order valence-electron chi connectivity index (χ3n) is 3.35. The lowest BCUT2D eigenvalue weighted by molar-refractivity contribution is 0.170. The van der Waals surface area contributed by atoms with Crippen LogP contribution in [0.2, 0.25) is 0 Å². The van der Waals surface area contributed by atoms with E-state index in [1.165, 1.54) is 0 Å². The molecule has 5 nitrogen and oxygen atoms in total. The van der Waals surface area contributed by atoms with Gasteiger partial charge in [0.2, 0.25) is 0 Å². The van der Waals surface area contributed by atoms with E-state index >= 15 is 0 Å². The average molecular weight is 264 g/mol. The van der Waals surface area contributed by atoms with Gasteiger partial charge in [0.15, 0.2) is 0 Å². The SMILES string of the molecule is COC[C@@H](C)NC(=O)N[C@@H]1CCc2c(O)cccc21. The fourth-order valence-electron chi connectivity index (χ4n) is 2.50. The highest BCUT2D eigenvalue weighted by Crippen LogP contribution is 2.36. The molecule has 104 valence electrons. The molecule has 1 aliphatic rings. The molecule has 0 bridgehead atoms. The molecule has 0 aliphatic heterocycles. The van der Waals surface area contributed by atoms with E-state index in [9.17, 15) is 9.90 Å². The van der Waals surface area contributed by atoms with Crippen molar-refractivity contribution >= 4 is 6.03 Å². The number of hydrogen-bond acceptors (Lipinski definition) is 3. The quantitative estimate of drug-likeness (QED) is 0.775. The standard InChI is InChI=1S/C14H20N2O3/c1-9(8-19-2)15-14(18)16-12-7-6-11-10(12)4-3-5-13(11)17/h3-5,9,12,17H,6-8H2,1-2H3,(H2,15,16,18)/t9-,12-/m1/s1. The van der Waals surface area contributed by atoms with Gasteiger partial charge in [-0.25, -0.2) is 4.79 Å². The molecule has 1 aliphatic carbocycles. The zero-order valence-electron chi connectivity index (χ0n) is 11.3. The van der Waals surface area contributed by atoms with E-state index in [1.54, 1.807) is 19.2 Å². The lowest BCUT2D eigenvalue weighted by atomic mass is 10.1. The van der Waals surface area contributed by atoms with Gasteiger partial charge >= 0.3 is 6.03 Å². The largest absolute Gasteiger partial charge is 0.508 e. The zero-order chi connectivity index (χ0) is 13.8. The third-order valence-corrected chi connectivity index (χ3v) is 3.35. The molecule has 0 heterocycles. The third kappa shape index (κ3) is 3.17. The van der Waals surface area contributed by atoms with E-state index in [2.05, 4.69) is 10.6 Å². The van der Waals surface area contributed by atoms with Crippen molar-refractivity contribution in [3.8, 4) is 5.75 Å². The number of rotatable bonds is 4. The maximum atomic E-state index is 11.8. The van der Waals surface area contributed by atoms with Crippen molar-refractivity contribution in [1.82, 2.24) is 10.6 Å². The molecule has 0 spiro atoms. The molecular formula is C14H20N2O3. The number of carbonyl (C=O) groups is 1. The first kappa shape index (κ1) is 13.7. The topological polar surface area (TPSA) is 70.6 Å². The number of benzene rings is 1. The number of amides is 2. The van der Waals surface area contributed by atoms with E-state index in [0.717, 1.165) is 24.0 Å². The van der Waals surface area contributed by atoms with Crippen molar-refractivity contribution in [1.29, 1.82) is 0 Å². The molecular weight excluding hydrogens is 244 g/mol. The van der Waals surface area contributed by atoms with E-state index in [0.29, 0.717) is 12.4 Å². The first-order chi connectivity index (χ1) is 9.11. The van der Waals surface area contributed by atoms with Crippen LogP contribution in [0.5, 0.6) is 5.75 Å². The number of fused-ring (bicyclic) bond motifs is 1. The van der Waals surface area contributed by atoms with Crippen LogP contribution in [0.3, 0.4) is 0 Å². The monoisotopic (exact) mass is 264 g/mol. The van der Waals surface area contributed by atoms with Crippen molar-refractivity contribution in [2.45, 2.75) is 31.8 Å². The van der Waals surface area contributed by atoms with Crippen LogP contribution >= 0.6 is 0 Å². The highest BCUT2D eigenvalue weighted by molar-refractivity contribution is 5.75. The summed E-state index contributed by atoms with van der Waals surface area (Å²) in [7, 11) is 1.60. The van der Waals surface area contributed by atoms with Gasteiger partial charge in [0.25, 0.3) is 0 Å². The summed E-state index contributed by atoms with van der Waals surface area (Å²) in [5.41, 5.74) is 1.95. The first-order valence-electron chi connectivity index (χ1n) is 6.48. The van der Waals surface area contributed by atoms with Crippen LogP contribution in [-0.4, -0.2) is 30.9 Å². The van der Waals surface area contributed by atoms with Crippen LogP contribution in [-0.2, 0) is 11.2 Å². The number of carbonyl (C=O) groups excluding carboxylic acids is 1. The van der Waals surface area contributed by atoms with Gasteiger partial charge in [-0.3, -0.25) is 0 Å². The summed E-state index contributed by atoms with van der Waals surface area (Å²) in [6.45, 7) is 2.37. The molecule has 2 rings (SSSR count). The van der Waals surface area contributed by atoms with Crippen LogP contribution in [0, 0.1) is 0 Å². The smallest absolute Gasteiger partial charge is 0.315 e. The fourth-order valence-corrected chi connectivity index (χ4v) is 2.50. The van der Waals surface area contributed by atoms with Crippen molar-refractivity contribution in [3.05, 3.63) is 29.3 Å². The Labute approximate surface area is 113 Å². The number of nitrogens with one attached hydrogen (secondary N) is 2. The number of methoxy groups -OCH3 is 1. The molecule has 0 unspecified atom stereocenters.